The minimum Gasteiger partial charge on any atom is -0.488 e. The lowest BCUT2D eigenvalue weighted by atomic mass is 9.88. The fraction of sp³-hybridized carbons (Fsp3) is 0.606. The second-order valence-corrected chi connectivity index (χ2v) is 14.3. The average molecular weight is 589 g/mol. The summed E-state index contributed by atoms with van der Waals surface area (Å²) in [6.07, 6.45) is 5.93. The van der Waals surface area contributed by atoms with E-state index in [2.05, 4.69) is 39.1 Å². The first-order valence-electron chi connectivity index (χ1n) is 15.8. The summed E-state index contributed by atoms with van der Waals surface area (Å²) in [7, 11) is 0. The molecule has 1 saturated carbocycles. The molecule has 0 atom stereocenters. The molecule has 1 amide bonds. The molecular weight excluding hydrogens is 544 g/mol. The van der Waals surface area contributed by atoms with Gasteiger partial charge in [0, 0.05) is 56.4 Å². The Morgan fingerprint density at radius 3 is 2.63 bits per heavy atom. The van der Waals surface area contributed by atoms with E-state index in [0.29, 0.717) is 12.5 Å². The minimum absolute atomic E-state index is 0.0236. The monoisotopic (exact) mass is 588 g/mol. The number of hydrogen-bond donors (Lipinski definition) is 1. The van der Waals surface area contributed by atoms with E-state index in [1.54, 1.807) is 0 Å². The van der Waals surface area contributed by atoms with Gasteiger partial charge in [0.1, 0.15) is 34.1 Å². The summed E-state index contributed by atoms with van der Waals surface area (Å²) in [4.78, 5) is 23.9. The van der Waals surface area contributed by atoms with E-state index in [0.717, 1.165) is 105 Å². The Bertz CT molecular complexity index is 1480. The summed E-state index contributed by atoms with van der Waals surface area (Å²) in [5.74, 6) is 2.45. The molecule has 4 fully saturated rings. The molecule has 3 aromatic rings. The number of pyridine rings is 1. The van der Waals surface area contributed by atoms with E-state index in [-0.39, 0.29) is 17.3 Å². The van der Waals surface area contributed by atoms with Gasteiger partial charge in [-0.1, -0.05) is 0 Å². The summed E-state index contributed by atoms with van der Waals surface area (Å²) < 4.78 is 18.2. The molecule has 230 valence electrons. The number of anilines is 1. The maximum Gasteiger partial charge on any atom is 0.410 e. The molecule has 3 saturated heterocycles. The second kappa shape index (κ2) is 10.7. The molecular formula is C33H44N6O4. The molecule has 2 aromatic heterocycles. The Kier molecular flexibility index (Phi) is 7.04. The van der Waals surface area contributed by atoms with Crippen LogP contribution in [0.1, 0.15) is 53.4 Å². The molecule has 0 bridgehead atoms. The van der Waals surface area contributed by atoms with Gasteiger partial charge in [-0.2, -0.15) is 5.10 Å². The average Bonchev–Trinajstić information content (AvgIpc) is 3.53. The van der Waals surface area contributed by atoms with Crippen LogP contribution in [0.15, 0.2) is 36.5 Å². The zero-order valence-corrected chi connectivity index (χ0v) is 25.9. The number of nitrogens with zero attached hydrogens (tertiary/aromatic N) is 5. The van der Waals surface area contributed by atoms with Gasteiger partial charge >= 0.3 is 6.09 Å². The number of hydrogen-bond acceptors (Lipinski definition) is 8. The van der Waals surface area contributed by atoms with Crippen molar-refractivity contribution in [2.75, 3.05) is 57.3 Å². The lowest BCUT2D eigenvalue weighted by Gasteiger charge is -2.55. The van der Waals surface area contributed by atoms with Crippen LogP contribution in [0.3, 0.4) is 0 Å². The van der Waals surface area contributed by atoms with Gasteiger partial charge in [-0.15, -0.1) is 0 Å². The molecule has 1 N–H and O–H groups in total. The maximum absolute atomic E-state index is 12.4. The predicted molar refractivity (Wildman–Crippen MR) is 165 cm³/mol. The molecule has 3 aliphatic heterocycles. The van der Waals surface area contributed by atoms with Crippen molar-refractivity contribution in [1.29, 1.82) is 0 Å². The zero-order chi connectivity index (χ0) is 29.8. The quantitative estimate of drug-likeness (QED) is 0.425. The topological polar surface area (TPSA) is 96.1 Å². The molecule has 10 heteroatoms. The summed E-state index contributed by atoms with van der Waals surface area (Å²) in [5, 5.41) is 8.92. The predicted octanol–water partition coefficient (Wildman–Crippen LogP) is 5.09. The third-order valence-electron chi connectivity index (χ3n) is 9.25. The number of nitrogens with one attached hydrogen (secondary N) is 1. The van der Waals surface area contributed by atoms with Crippen LogP contribution in [0, 0.1) is 5.92 Å². The van der Waals surface area contributed by atoms with Crippen LogP contribution in [-0.4, -0.2) is 100 Å². The van der Waals surface area contributed by atoms with Crippen molar-refractivity contribution in [3.63, 3.8) is 0 Å². The first-order valence-corrected chi connectivity index (χ1v) is 15.8. The van der Waals surface area contributed by atoms with Crippen molar-refractivity contribution < 1.29 is 19.0 Å². The van der Waals surface area contributed by atoms with Crippen LogP contribution in [-0.2, 0) is 9.47 Å². The molecule has 4 aliphatic rings. The Labute approximate surface area is 253 Å². The normalized spacial score (nSPS) is 22.0. The first-order chi connectivity index (χ1) is 20.6. The van der Waals surface area contributed by atoms with Crippen molar-refractivity contribution in [2.24, 2.45) is 5.92 Å². The van der Waals surface area contributed by atoms with E-state index < -0.39 is 5.60 Å². The molecule has 0 radical (unpaired) electrons. The van der Waals surface area contributed by atoms with Crippen LogP contribution < -0.4 is 9.64 Å². The number of carbonyl (C=O) groups excluding carboxylic acids is 1. The van der Waals surface area contributed by atoms with Crippen molar-refractivity contribution in [1.82, 2.24) is 25.0 Å². The van der Waals surface area contributed by atoms with Gasteiger partial charge in [0.2, 0.25) is 0 Å². The van der Waals surface area contributed by atoms with E-state index in [4.69, 9.17) is 19.2 Å². The van der Waals surface area contributed by atoms with E-state index in [1.165, 1.54) is 0 Å². The van der Waals surface area contributed by atoms with Crippen molar-refractivity contribution in [3.05, 3.63) is 36.5 Å². The minimum atomic E-state index is -0.453. The molecule has 1 aliphatic carbocycles. The summed E-state index contributed by atoms with van der Waals surface area (Å²) in [5.41, 5.74) is 2.32. The van der Waals surface area contributed by atoms with Gasteiger partial charge in [0.15, 0.2) is 0 Å². The summed E-state index contributed by atoms with van der Waals surface area (Å²) >= 11 is 0. The number of benzene rings is 1. The van der Waals surface area contributed by atoms with E-state index in [9.17, 15) is 4.79 Å². The molecule has 5 heterocycles. The molecule has 1 aromatic carbocycles. The zero-order valence-electron chi connectivity index (χ0n) is 25.9. The van der Waals surface area contributed by atoms with Gasteiger partial charge in [0.05, 0.1) is 18.7 Å². The van der Waals surface area contributed by atoms with Crippen LogP contribution >= 0.6 is 0 Å². The number of fused-ring (bicyclic) bond motifs is 1. The highest BCUT2D eigenvalue weighted by molar-refractivity contribution is 5.94. The molecule has 43 heavy (non-hydrogen) atoms. The largest absolute Gasteiger partial charge is 0.488 e. The van der Waals surface area contributed by atoms with Gasteiger partial charge < -0.3 is 24.0 Å². The number of aromatic amines is 1. The SMILES string of the molecule is CC(C)(C)OC(=O)N1CCC(CN2CC3(C2)CN(c2cc(-c4n[nH]c5ccc(OC6(C)CC6)cc45)ccn2)CCO3)CC1. The lowest BCUT2D eigenvalue weighted by molar-refractivity contribution is -0.153. The van der Waals surface area contributed by atoms with Crippen LogP contribution in [0.25, 0.3) is 22.2 Å². The Balaban J connectivity index is 0.960. The Morgan fingerprint density at radius 2 is 1.88 bits per heavy atom. The number of aromatic nitrogens is 3. The smallest absolute Gasteiger partial charge is 0.410 e. The van der Waals surface area contributed by atoms with E-state index in [1.807, 2.05) is 50.1 Å². The lowest BCUT2D eigenvalue weighted by Crippen LogP contribution is -2.70. The van der Waals surface area contributed by atoms with Gasteiger partial charge in [-0.25, -0.2) is 9.78 Å². The van der Waals surface area contributed by atoms with Gasteiger partial charge in [-0.05, 0) is 89.6 Å². The number of morpholine rings is 1. The highest BCUT2D eigenvalue weighted by Gasteiger charge is 2.48. The molecule has 10 nitrogen and oxygen atoms in total. The van der Waals surface area contributed by atoms with Crippen LogP contribution in [0.2, 0.25) is 0 Å². The number of amides is 1. The van der Waals surface area contributed by atoms with Crippen molar-refractivity contribution in [2.45, 2.75) is 70.2 Å². The number of H-pyrrole nitrogens is 1. The van der Waals surface area contributed by atoms with Gasteiger partial charge in [-0.3, -0.25) is 10.00 Å². The maximum atomic E-state index is 12.4. The Hall–Kier alpha value is -3.37. The fourth-order valence-corrected chi connectivity index (χ4v) is 6.70. The van der Waals surface area contributed by atoms with Gasteiger partial charge in [0.25, 0.3) is 0 Å². The number of piperidine rings is 1. The molecule has 1 spiro atoms. The third kappa shape index (κ3) is 6.17. The summed E-state index contributed by atoms with van der Waals surface area (Å²) in [6, 6.07) is 10.4. The number of ether oxygens (including phenoxy) is 3. The number of rotatable bonds is 6. The van der Waals surface area contributed by atoms with Crippen LogP contribution in [0.4, 0.5) is 10.6 Å². The number of carbonyl (C=O) groups is 1. The highest BCUT2D eigenvalue weighted by atomic mass is 16.6. The fourth-order valence-electron chi connectivity index (χ4n) is 6.70. The second-order valence-electron chi connectivity index (χ2n) is 14.3. The highest BCUT2D eigenvalue weighted by Crippen LogP contribution is 2.41. The van der Waals surface area contributed by atoms with Crippen molar-refractivity contribution in [3.8, 4) is 17.0 Å². The standard InChI is InChI=1S/C33H44N6O4/c1-31(2,3)43-30(40)38-13-8-23(9-14-38)19-37-20-33(21-37)22-39(15-16-41-33)28-17-24(7-12-34-28)29-26-18-25(42-32(4)10-11-32)5-6-27(26)35-36-29/h5-7,12,17-18,23H,8-11,13-16,19-22H2,1-4H3,(H,35,36). The Morgan fingerprint density at radius 1 is 1.09 bits per heavy atom. The van der Waals surface area contributed by atoms with Crippen LogP contribution in [0.5, 0.6) is 5.75 Å². The number of likely N-dealkylation sites (tertiary alicyclic amines) is 2. The first kappa shape index (κ1) is 28.4. The third-order valence-corrected chi connectivity index (χ3v) is 9.25. The summed E-state index contributed by atoms with van der Waals surface area (Å²) in [6.45, 7) is 14.7. The molecule has 0 unspecified atom stereocenters. The molecule has 7 rings (SSSR count). The van der Waals surface area contributed by atoms with E-state index >= 15 is 0 Å². The van der Waals surface area contributed by atoms with Crippen molar-refractivity contribution >= 4 is 22.8 Å².